The highest BCUT2D eigenvalue weighted by atomic mass is 19.2. The molecule has 3 atom stereocenters. The van der Waals surface area contributed by atoms with Crippen LogP contribution >= 0.6 is 0 Å². The summed E-state index contributed by atoms with van der Waals surface area (Å²) in [5.41, 5.74) is -2.27. The van der Waals surface area contributed by atoms with Crippen molar-refractivity contribution >= 4 is 0 Å². The fourth-order valence-corrected chi connectivity index (χ4v) is 1.75. The third-order valence-corrected chi connectivity index (χ3v) is 2.61. The van der Waals surface area contributed by atoms with E-state index in [9.17, 15) is 23.5 Å². The number of halogens is 2. The smallest absolute Gasteiger partial charge is 0.330 e. The first-order chi connectivity index (χ1) is 8.36. The molecule has 0 bridgehead atoms. The van der Waals surface area contributed by atoms with E-state index in [1.807, 2.05) is 0 Å². The van der Waals surface area contributed by atoms with Crippen LogP contribution in [0.2, 0.25) is 0 Å². The van der Waals surface area contributed by atoms with Crippen molar-refractivity contribution in [3.63, 3.8) is 0 Å². The summed E-state index contributed by atoms with van der Waals surface area (Å²) in [6, 6.07) is 0. The molecule has 0 unspecified atom stereocenters. The highest BCUT2D eigenvalue weighted by molar-refractivity contribution is 4.93. The van der Waals surface area contributed by atoms with Crippen LogP contribution in [-0.2, 0) is 4.74 Å². The van der Waals surface area contributed by atoms with Gasteiger partial charge in [0.1, 0.15) is 12.7 Å². The van der Waals surface area contributed by atoms with E-state index in [4.69, 9.17) is 5.11 Å². The van der Waals surface area contributed by atoms with Crippen LogP contribution in [0.3, 0.4) is 0 Å². The van der Waals surface area contributed by atoms with Crippen LogP contribution in [0.15, 0.2) is 15.8 Å². The number of ether oxygens (including phenoxy) is 1. The lowest BCUT2D eigenvalue weighted by Gasteiger charge is -2.19. The van der Waals surface area contributed by atoms with Crippen molar-refractivity contribution in [3.8, 4) is 0 Å². The zero-order valence-corrected chi connectivity index (χ0v) is 8.97. The van der Waals surface area contributed by atoms with E-state index in [1.165, 1.54) is 0 Å². The van der Waals surface area contributed by atoms with Gasteiger partial charge in [-0.1, -0.05) is 0 Å². The Morgan fingerprint density at radius 2 is 2.28 bits per heavy atom. The van der Waals surface area contributed by atoms with Crippen LogP contribution in [0, 0.1) is 5.82 Å². The van der Waals surface area contributed by atoms with Gasteiger partial charge in [0.05, 0.1) is 6.20 Å². The molecule has 0 saturated carbocycles. The van der Waals surface area contributed by atoms with Gasteiger partial charge >= 0.3 is 5.69 Å². The Hall–Kier alpha value is -1.58. The molecule has 1 saturated heterocycles. The van der Waals surface area contributed by atoms with E-state index in [2.05, 4.69) is 4.74 Å². The molecule has 1 fully saturated rings. The number of hydrogen-bond donors (Lipinski definition) is 3. The van der Waals surface area contributed by atoms with Gasteiger partial charge < -0.3 is 14.9 Å². The maximum atomic E-state index is 13.6. The molecule has 1 aliphatic rings. The minimum atomic E-state index is -2.50. The van der Waals surface area contributed by atoms with Gasteiger partial charge in [0, 0.05) is 6.42 Å². The molecule has 7 nitrogen and oxygen atoms in total. The molecule has 2 heterocycles. The molecule has 100 valence electrons. The van der Waals surface area contributed by atoms with Crippen molar-refractivity contribution in [1.82, 2.24) is 9.55 Å². The topological polar surface area (TPSA) is 105 Å². The number of alkyl halides is 1. The maximum Gasteiger partial charge on any atom is 0.330 e. The number of nitrogens with one attached hydrogen (secondary N) is 1. The zero-order valence-electron chi connectivity index (χ0n) is 8.97. The largest absolute Gasteiger partial charge is 0.390 e. The number of nitrogens with zero attached hydrogens (tertiary/aromatic N) is 1. The average Bonchev–Trinajstić information content (AvgIpc) is 2.60. The molecule has 0 radical (unpaired) electrons. The van der Waals surface area contributed by atoms with Crippen molar-refractivity contribution in [3.05, 3.63) is 32.9 Å². The first kappa shape index (κ1) is 12.9. The Bertz CT molecular complexity index is 571. The van der Waals surface area contributed by atoms with Crippen LogP contribution < -0.4 is 11.2 Å². The van der Waals surface area contributed by atoms with Crippen molar-refractivity contribution in [1.29, 1.82) is 0 Å². The zero-order chi connectivity index (χ0) is 13.5. The van der Waals surface area contributed by atoms with Crippen molar-refractivity contribution in [2.45, 2.75) is 24.6 Å². The fraction of sp³-hybridized carbons (Fsp3) is 0.556. The van der Waals surface area contributed by atoms with Crippen LogP contribution in [0.25, 0.3) is 0 Å². The third-order valence-electron chi connectivity index (χ3n) is 2.61. The third kappa shape index (κ3) is 2.07. The number of aromatic nitrogens is 2. The highest BCUT2D eigenvalue weighted by Crippen LogP contribution is 2.36. The van der Waals surface area contributed by atoms with E-state index in [-0.39, 0.29) is 0 Å². The van der Waals surface area contributed by atoms with E-state index in [1.54, 1.807) is 4.98 Å². The predicted octanol–water partition coefficient (Wildman–Crippen LogP) is -1.39. The lowest BCUT2D eigenvalue weighted by Crippen LogP contribution is -2.37. The Labute approximate surface area is 98.3 Å². The van der Waals surface area contributed by atoms with E-state index >= 15 is 0 Å². The van der Waals surface area contributed by atoms with Gasteiger partial charge in [0.25, 0.3) is 5.56 Å². The Balaban J connectivity index is 2.42. The second kappa shape index (κ2) is 4.26. The monoisotopic (exact) mass is 264 g/mol. The molecule has 0 spiro atoms. The Morgan fingerprint density at radius 3 is 2.83 bits per heavy atom. The number of aliphatic hydroxyl groups excluding tert-OH is 2. The number of H-pyrrole nitrogens is 1. The fourth-order valence-electron chi connectivity index (χ4n) is 1.75. The van der Waals surface area contributed by atoms with Crippen molar-refractivity contribution in [2.24, 2.45) is 0 Å². The standard InChI is InChI=1S/C9H10F2N2O5/c10-4-2-13(8(17)12-6(4)16)7-5(15)1-9(11,3-14)18-7/h2,5,7,14-15H,1,3H2,(H,12,16,17)/t5-,7-,9+/m1/s1. The first-order valence-electron chi connectivity index (χ1n) is 5.03. The van der Waals surface area contributed by atoms with Gasteiger partial charge in [-0.15, -0.1) is 0 Å². The first-order valence-corrected chi connectivity index (χ1v) is 5.03. The summed E-state index contributed by atoms with van der Waals surface area (Å²) >= 11 is 0. The molecule has 1 aliphatic heterocycles. The number of aromatic amines is 1. The molecule has 9 heteroatoms. The molecular formula is C9H10F2N2O5. The molecule has 2 rings (SSSR count). The second-order valence-corrected chi connectivity index (χ2v) is 3.96. The highest BCUT2D eigenvalue weighted by Gasteiger charge is 2.47. The summed E-state index contributed by atoms with van der Waals surface area (Å²) in [5.74, 6) is -3.78. The Morgan fingerprint density at radius 1 is 1.61 bits per heavy atom. The molecule has 1 aromatic rings. The molecule has 0 aliphatic carbocycles. The van der Waals surface area contributed by atoms with E-state index in [0.717, 1.165) is 0 Å². The lowest BCUT2D eigenvalue weighted by atomic mass is 10.2. The normalized spacial score (nSPS) is 31.8. The van der Waals surface area contributed by atoms with Gasteiger partial charge in [-0.05, 0) is 0 Å². The molecule has 0 amide bonds. The van der Waals surface area contributed by atoms with E-state index in [0.29, 0.717) is 10.8 Å². The molecular weight excluding hydrogens is 254 g/mol. The SMILES string of the molecule is O=c1[nH]c(=O)n([C@@H]2O[C@](F)(CO)C[C@H]2O)cc1F. The van der Waals surface area contributed by atoms with Gasteiger partial charge in [0.2, 0.25) is 11.7 Å². The Kier molecular flexibility index (Phi) is 3.05. The van der Waals surface area contributed by atoms with Crippen LogP contribution in [0.5, 0.6) is 0 Å². The van der Waals surface area contributed by atoms with Crippen LogP contribution in [0.4, 0.5) is 8.78 Å². The van der Waals surface area contributed by atoms with Gasteiger partial charge in [0.15, 0.2) is 6.23 Å². The minimum Gasteiger partial charge on any atom is -0.390 e. The summed E-state index contributed by atoms with van der Waals surface area (Å²) in [6.07, 6.45) is -3.02. The maximum absolute atomic E-state index is 13.6. The van der Waals surface area contributed by atoms with E-state index < -0.39 is 48.3 Å². The number of rotatable bonds is 2. The quantitative estimate of drug-likeness (QED) is 0.610. The molecule has 0 aromatic carbocycles. The minimum absolute atomic E-state index is 0.512. The molecule has 3 N–H and O–H groups in total. The van der Waals surface area contributed by atoms with Crippen molar-refractivity contribution < 1.29 is 23.7 Å². The number of aliphatic hydroxyl groups is 2. The average molecular weight is 264 g/mol. The summed E-state index contributed by atoms with van der Waals surface area (Å²) in [7, 11) is 0. The second-order valence-electron chi connectivity index (χ2n) is 3.96. The predicted molar refractivity (Wildman–Crippen MR) is 53.0 cm³/mol. The van der Waals surface area contributed by atoms with Gasteiger partial charge in [-0.3, -0.25) is 14.3 Å². The van der Waals surface area contributed by atoms with Crippen LogP contribution in [0.1, 0.15) is 12.6 Å². The molecule has 1 aromatic heterocycles. The lowest BCUT2D eigenvalue weighted by molar-refractivity contribution is -0.181. The summed E-state index contributed by atoms with van der Waals surface area (Å²) < 4.78 is 31.9. The summed E-state index contributed by atoms with van der Waals surface area (Å²) in [4.78, 5) is 23.9. The summed E-state index contributed by atoms with van der Waals surface area (Å²) in [6.45, 7) is -1.01. The summed E-state index contributed by atoms with van der Waals surface area (Å²) in [5, 5.41) is 18.3. The van der Waals surface area contributed by atoms with Gasteiger partial charge in [-0.2, -0.15) is 4.39 Å². The van der Waals surface area contributed by atoms with Crippen molar-refractivity contribution in [2.75, 3.05) is 6.61 Å². The van der Waals surface area contributed by atoms with Gasteiger partial charge in [-0.25, -0.2) is 9.18 Å². The van der Waals surface area contributed by atoms with Crippen LogP contribution in [-0.4, -0.2) is 38.3 Å². The number of hydrogen-bond acceptors (Lipinski definition) is 5. The molecule has 18 heavy (non-hydrogen) atoms.